The summed E-state index contributed by atoms with van der Waals surface area (Å²) in [4.78, 5) is 10.6. The molecular formula is C8H9F3O3. The summed E-state index contributed by atoms with van der Waals surface area (Å²) in [5, 5.41) is 8.68. The smallest absolute Gasteiger partial charge is 0.414 e. The quantitative estimate of drug-likeness (QED) is 0.696. The van der Waals surface area contributed by atoms with Crippen molar-refractivity contribution in [1.29, 1.82) is 0 Å². The normalized spacial score (nSPS) is 24.6. The molecule has 0 saturated carbocycles. The molecule has 1 aliphatic rings. The number of carbonyl (C=O) groups excluding carboxylic acids is 1. The number of carbonyl (C=O) groups is 1. The molecule has 0 amide bonds. The molecule has 80 valence electrons. The zero-order valence-electron chi connectivity index (χ0n) is 7.12. The summed E-state index contributed by atoms with van der Waals surface area (Å²) in [6.07, 6.45) is -5.81. The van der Waals surface area contributed by atoms with Gasteiger partial charge in [-0.15, -0.1) is 0 Å². The van der Waals surface area contributed by atoms with Gasteiger partial charge in [-0.1, -0.05) is 6.08 Å². The Hall–Kier alpha value is -1.04. The van der Waals surface area contributed by atoms with Gasteiger partial charge < -0.3 is 9.84 Å². The van der Waals surface area contributed by atoms with Crippen LogP contribution in [0.15, 0.2) is 12.2 Å². The Bertz CT molecular complexity index is 247. The maximum absolute atomic E-state index is 11.9. The molecule has 2 unspecified atom stereocenters. The highest BCUT2D eigenvalue weighted by Gasteiger charge is 2.40. The topological polar surface area (TPSA) is 46.5 Å². The summed E-state index contributed by atoms with van der Waals surface area (Å²) in [6, 6.07) is 0. The molecule has 1 N–H and O–H groups in total. The maximum atomic E-state index is 11.9. The van der Waals surface area contributed by atoms with Gasteiger partial charge in [-0.25, -0.2) is 4.79 Å². The van der Waals surface area contributed by atoms with Gasteiger partial charge in [0.05, 0.1) is 0 Å². The van der Waals surface area contributed by atoms with Crippen molar-refractivity contribution in [1.82, 2.24) is 0 Å². The molecule has 14 heavy (non-hydrogen) atoms. The Morgan fingerprint density at radius 3 is 2.79 bits per heavy atom. The van der Waals surface area contributed by atoms with Gasteiger partial charge in [0.25, 0.3) is 0 Å². The lowest BCUT2D eigenvalue weighted by atomic mass is 10.1. The highest BCUT2D eigenvalue weighted by atomic mass is 19.4. The summed E-state index contributed by atoms with van der Waals surface area (Å²) in [7, 11) is 0. The number of hydrogen-bond acceptors (Lipinski definition) is 3. The molecule has 0 aromatic rings. The molecule has 0 spiro atoms. The van der Waals surface area contributed by atoms with E-state index in [0.717, 1.165) is 6.08 Å². The van der Waals surface area contributed by atoms with E-state index in [1.807, 2.05) is 0 Å². The molecule has 3 nitrogen and oxygen atoms in total. The van der Waals surface area contributed by atoms with E-state index < -0.39 is 30.8 Å². The van der Waals surface area contributed by atoms with Gasteiger partial charge >= 0.3 is 12.1 Å². The largest absolute Gasteiger partial charge is 0.459 e. The van der Waals surface area contributed by atoms with Crippen molar-refractivity contribution >= 4 is 5.97 Å². The third-order valence-electron chi connectivity index (χ3n) is 1.80. The lowest BCUT2D eigenvalue weighted by Gasteiger charge is -2.22. The lowest BCUT2D eigenvalue weighted by Crippen LogP contribution is -2.34. The van der Waals surface area contributed by atoms with Crippen molar-refractivity contribution in [2.75, 3.05) is 0 Å². The fourth-order valence-corrected chi connectivity index (χ4v) is 1.09. The first-order valence-corrected chi connectivity index (χ1v) is 4.01. The molecule has 1 heterocycles. The SMILES string of the molecule is O=C1C=CCC(CC(O)C(F)(F)F)O1. The highest BCUT2D eigenvalue weighted by Crippen LogP contribution is 2.25. The number of aliphatic hydroxyl groups is 1. The fourth-order valence-electron chi connectivity index (χ4n) is 1.09. The Labute approximate surface area is 78.2 Å². The molecule has 6 heteroatoms. The van der Waals surface area contributed by atoms with E-state index in [1.165, 1.54) is 6.08 Å². The van der Waals surface area contributed by atoms with Gasteiger partial charge in [0, 0.05) is 18.9 Å². The summed E-state index contributed by atoms with van der Waals surface area (Å²) in [5.41, 5.74) is 0. The average Bonchev–Trinajstić information content (AvgIpc) is 2.02. The second-order valence-corrected chi connectivity index (χ2v) is 2.99. The molecule has 0 aromatic heterocycles. The van der Waals surface area contributed by atoms with Crippen LogP contribution in [-0.2, 0) is 9.53 Å². The number of hydrogen-bond donors (Lipinski definition) is 1. The van der Waals surface area contributed by atoms with Gasteiger partial charge in [-0.05, 0) is 0 Å². The monoisotopic (exact) mass is 210 g/mol. The molecule has 0 radical (unpaired) electrons. The number of cyclic esters (lactones) is 1. The number of alkyl halides is 3. The van der Waals surface area contributed by atoms with E-state index in [0.29, 0.717) is 0 Å². The minimum Gasteiger partial charge on any atom is -0.459 e. The van der Waals surface area contributed by atoms with Gasteiger partial charge in [-0.2, -0.15) is 13.2 Å². The Kier molecular flexibility index (Phi) is 3.15. The van der Waals surface area contributed by atoms with Crippen molar-refractivity contribution in [3.63, 3.8) is 0 Å². The summed E-state index contributed by atoms with van der Waals surface area (Å²) >= 11 is 0. The number of aliphatic hydroxyl groups excluding tert-OH is 1. The third-order valence-corrected chi connectivity index (χ3v) is 1.80. The first-order valence-electron chi connectivity index (χ1n) is 4.01. The van der Waals surface area contributed by atoms with Crippen LogP contribution in [0.5, 0.6) is 0 Å². The van der Waals surface area contributed by atoms with Crippen molar-refractivity contribution in [2.24, 2.45) is 0 Å². The van der Waals surface area contributed by atoms with Crippen LogP contribution in [0.4, 0.5) is 13.2 Å². The number of esters is 1. The highest BCUT2D eigenvalue weighted by molar-refractivity contribution is 5.82. The Morgan fingerprint density at radius 1 is 1.64 bits per heavy atom. The molecule has 0 aliphatic carbocycles. The van der Waals surface area contributed by atoms with Crippen LogP contribution in [-0.4, -0.2) is 29.5 Å². The molecular weight excluding hydrogens is 201 g/mol. The van der Waals surface area contributed by atoms with E-state index >= 15 is 0 Å². The van der Waals surface area contributed by atoms with Crippen molar-refractivity contribution in [2.45, 2.75) is 31.2 Å². The van der Waals surface area contributed by atoms with Crippen LogP contribution >= 0.6 is 0 Å². The molecule has 1 aliphatic heterocycles. The second kappa shape index (κ2) is 4.00. The predicted molar refractivity (Wildman–Crippen MR) is 40.3 cm³/mol. The number of rotatable bonds is 2. The Balaban J connectivity index is 2.45. The van der Waals surface area contributed by atoms with E-state index in [4.69, 9.17) is 5.11 Å². The molecule has 2 atom stereocenters. The van der Waals surface area contributed by atoms with Gasteiger partial charge in [0.1, 0.15) is 6.10 Å². The molecule has 0 fully saturated rings. The number of halogens is 3. The molecule has 1 rings (SSSR count). The van der Waals surface area contributed by atoms with Gasteiger partial charge in [-0.3, -0.25) is 0 Å². The minimum absolute atomic E-state index is 0.207. The summed E-state index contributed by atoms with van der Waals surface area (Å²) in [6.45, 7) is 0. The van der Waals surface area contributed by atoms with E-state index in [9.17, 15) is 18.0 Å². The van der Waals surface area contributed by atoms with Gasteiger partial charge in [0.2, 0.25) is 0 Å². The summed E-state index contributed by atoms with van der Waals surface area (Å²) < 4.78 is 40.2. The third kappa shape index (κ3) is 3.02. The van der Waals surface area contributed by atoms with E-state index in [1.54, 1.807) is 0 Å². The van der Waals surface area contributed by atoms with Crippen molar-refractivity contribution in [3.05, 3.63) is 12.2 Å². The number of ether oxygens (including phenoxy) is 1. The van der Waals surface area contributed by atoms with Gasteiger partial charge in [0.15, 0.2) is 6.10 Å². The zero-order valence-corrected chi connectivity index (χ0v) is 7.12. The molecule has 0 aromatic carbocycles. The van der Waals surface area contributed by atoms with E-state index in [-0.39, 0.29) is 6.42 Å². The predicted octanol–water partition coefficient (Wildman–Crippen LogP) is 1.17. The van der Waals surface area contributed by atoms with Crippen LogP contribution < -0.4 is 0 Å². The van der Waals surface area contributed by atoms with Crippen LogP contribution in [0, 0.1) is 0 Å². The standard InChI is InChI=1S/C8H9F3O3/c9-8(10,11)6(12)4-5-2-1-3-7(13)14-5/h1,3,5-6,12H,2,4H2. The van der Waals surface area contributed by atoms with Crippen molar-refractivity contribution < 1.29 is 27.8 Å². The molecule has 0 bridgehead atoms. The lowest BCUT2D eigenvalue weighted by molar-refractivity contribution is -0.212. The summed E-state index contributed by atoms with van der Waals surface area (Å²) in [5.74, 6) is -0.671. The maximum Gasteiger partial charge on any atom is 0.414 e. The average molecular weight is 210 g/mol. The molecule has 0 saturated heterocycles. The van der Waals surface area contributed by atoms with Crippen LogP contribution in [0.25, 0.3) is 0 Å². The van der Waals surface area contributed by atoms with Crippen LogP contribution in [0.1, 0.15) is 12.8 Å². The van der Waals surface area contributed by atoms with Crippen molar-refractivity contribution in [3.8, 4) is 0 Å². The first kappa shape index (κ1) is 11.0. The minimum atomic E-state index is -4.66. The second-order valence-electron chi connectivity index (χ2n) is 2.99. The Morgan fingerprint density at radius 2 is 2.29 bits per heavy atom. The first-order chi connectivity index (χ1) is 6.39. The van der Waals surface area contributed by atoms with Crippen LogP contribution in [0.2, 0.25) is 0 Å². The van der Waals surface area contributed by atoms with Crippen LogP contribution in [0.3, 0.4) is 0 Å². The zero-order chi connectivity index (χ0) is 10.8. The van der Waals surface area contributed by atoms with E-state index in [2.05, 4.69) is 4.74 Å². The fraction of sp³-hybridized carbons (Fsp3) is 0.625.